The number of halogens is 3. The summed E-state index contributed by atoms with van der Waals surface area (Å²) in [6, 6.07) is 3.21. The molecule has 1 aromatic rings. The second-order valence-corrected chi connectivity index (χ2v) is 6.29. The second kappa shape index (κ2) is 5.34. The van der Waals surface area contributed by atoms with Crippen LogP contribution in [-0.4, -0.2) is 15.8 Å². The Morgan fingerprint density at radius 3 is 2.75 bits per heavy atom. The van der Waals surface area contributed by atoms with Crippen LogP contribution in [-0.2, 0) is 4.74 Å². The highest BCUT2D eigenvalue weighted by molar-refractivity contribution is 14.1. The van der Waals surface area contributed by atoms with Gasteiger partial charge in [-0.2, -0.15) is 0 Å². The van der Waals surface area contributed by atoms with Gasteiger partial charge in [0, 0.05) is 5.92 Å². The zero-order chi connectivity index (χ0) is 11.7. The highest BCUT2D eigenvalue weighted by Crippen LogP contribution is 2.35. The van der Waals surface area contributed by atoms with E-state index in [1.807, 2.05) is 22.6 Å². The summed E-state index contributed by atoms with van der Waals surface area (Å²) in [6.07, 6.45) is 2.00. The maximum Gasteiger partial charge on any atom is 0.178 e. The van der Waals surface area contributed by atoms with Crippen molar-refractivity contribution in [2.45, 2.75) is 22.9 Å². The quantitative estimate of drug-likeness (QED) is 0.524. The molecule has 1 N–H and O–H groups in total. The van der Waals surface area contributed by atoms with Crippen molar-refractivity contribution < 1.29 is 14.2 Å². The van der Waals surface area contributed by atoms with Gasteiger partial charge in [-0.1, -0.05) is 28.7 Å². The van der Waals surface area contributed by atoms with Crippen LogP contribution in [0.3, 0.4) is 0 Å². The van der Waals surface area contributed by atoms with Gasteiger partial charge in [0.15, 0.2) is 11.6 Å². The average Bonchev–Trinajstić information content (AvgIpc) is 2.28. The molecular weight excluding hydrogens is 437 g/mol. The van der Waals surface area contributed by atoms with Gasteiger partial charge in [0.25, 0.3) is 0 Å². The van der Waals surface area contributed by atoms with Crippen molar-refractivity contribution in [3.63, 3.8) is 0 Å². The summed E-state index contributed by atoms with van der Waals surface area (Å²) >= 11 is 4.21. The minimum atomic E-state index is -0.519. The lowest BCUT2D eigenvalue weighted by Crippen LogP contribution is -2.21. The molecule has 2 rings (SSSR count). The largest absolute Gasteiger partial charge is 0.505 e. The molecule has 88 valence electrons. The first kappa shape index (κ1) is 12.8. The molecular formula is C11H11FI2O2. The van der Waals surface area contributed by atoms with Gasteiger partial charge in [-0.15, -0.1) is 0 Å². The fraction of sp³-hybridized carbons (Fsp3) is 0.455. The van der Waals surface area contributed by atoms with Crippen LogP contribution in [0.2, 0.25) is 0 Å². The van der Waals surface area contributed by atoms with Crippen molar-refractivity contribution in [1.82, 2.24) is 0 Å². The minimum absolute atomic E-state index is 0.244. The maximum absolute atomic E-state index is 13.5. The summed E-state index contributed by atoms with van der Waals surface area (Å²) < 4.78 is 19.9. The van der Waals surface area contributed by atoms with Crippen LogP contribution < -0.4 is 0 Å². The summed E-state index contributed by atoms with van der Waals surface area (Å²) in [5.41, 5.74) is 0.944. The molecule has 1 aliphatic heterocycles. The Hall–Kier alpha value is 0.370. The summed E-state index contributed by atoms with van der Waals surface area (Å²) in [5, 5.41) is 9.25. The lowest BCUT2D eigenvalue weighted by molar-refractivity contribution is 0.0673. The number of aromatic hydroxyl groups is 1. The zero-order valence-electron chi connectivity index (χ0n) is 8.42. The molecule has 0 saturated carbocycles. The van der Waals surface area contributed by atoms with Crippen molar-refractivity contribution in [2.75, 3.05) is 6.61 Å². The van der Waals surface area contributed by atoms with Gasteiger partial charge < -0.3 is 9.84 Å². The molecule has 2 atom stereocenters. The van der Waals surface area contributed by atoms with Crippen LogP contribution in [0.5, 0.6) is 5.75 Å². The van der Waals surface area contributed by atoms with E-state index in [4.69, 9.17) is 4.74 Å². The van der Waals surface area contributed by atoms with E-state index in [1.165, 1.54) is 6.07 Å². The lowest BCUT2D eigenvalue weighted by Gasteiger charge is -2.27. The Labute approximate surface area is 121 Å². The smallest absolute Gasteiger partial charge is 0.178 e. The topological polar surface area (TPSA) is 29.5 Å². The summed E-state index contributed by atoms with van der Waals surface area (Å²) in [6.45, 7) is 0.633. The SMILES string of the molecule is Oc1ccc(C2CCC(I)OC2)c(I)c1F. The second-order valence-electron chi connectivity index (χ2n) is 3.82. The number of rotatable bonds is 1. The van der Waals surface area contributed by atoms with Crippen molar-refractivity contribution in [3.05, 3.63) is 27.1 Å². The number of phenols is 1. The number of hydrogen-bond acceptors (Lipinski definition) is 2. The molecule has 2 unspecified atom stereocenters. The monoisotopic (exact) mass is 448 g/mol. The number of phenolic OH excluding ortho intramolecular Hbond substituents is 1. The number of hydrogen-bond donors (Lipinski definition) is 1. The van der Waals surface area contributed by atoms with Crippen LogP contribution in [0.25, 0.3) is 0 Å². The predicted molar refractivity (Wildman–Crippen MR) is 76.5 cm³/mol. The molecule has 0 aliphatic carbocycles. The normalized spacial score (nSPS) is 25.7. The summed E-state index contributed by atoms with van der Waals surface area (Å²) in [5.74, 6) is -0.556. The Morgan fingerprint density at radius 2 is 2.12 bits per heavy atom. The van der Waals surface area contributed by atoms with E-state index >= 15 is 0 Å². The van der Waals surface area contributed by atoms with E-state index in [-0.39, 0.29) is 15.8 Å². The molecule has 0 amide bonds. The van der Waals surface area contributed by atoms with Crippen LogP contribution in [0, 0.1) is 9.39 Å². The Bertz CT molecular complexity index is 390. The molecule has 0 bridgehead atoms. The van der Waals surface area contributed by atoms with Gasteiger partial charge in [0.05, 0.1) is 10.2 Å². The first-order valence-electron chi connectivity index (χ1n) is 5.02. The van der Waals surface area contributed by atoms with Crippen LogP contribution in [0.15, 0.2) is 12.1 Å². The van der Waals surface area contributed by atoms with Crippen LogP contribution in [0.1, 0.15) is 24.3 Å². The van der Waals surface area contributed by atoms with Gasteiger partial charge in [-0.3, -0.25) is 0 Å². The molecule has 1 heterocycles. The van der Waals surface area contributed by atoms with E-state index in [2.05, 4.69) is 22.6 Å². The van der Waals surface area contributed by atoms with Crippen molar-refractivity contribution in [2.24, 2.45) is 0 Å². The standard InChI is InChI=1S/C11H11FI2O2/c12-10-8(15)3-2-7(11(10)14)6-1-4-9(13)16-5-6/h2-3,6,9,15H,1,4-5H2. The third-order valence-electron chi connectivity index (χ3n) is 2.75. The third kappa shape index (κ3) is 2.61. The molecule has 0 spiro atoms. The van der Waals surface area contributed by atoms with Gasteiger partial charge >= 0.3 is 0 Å². The number of ether oxygens (including phenoxy) is 1. The van der Waals surface area contributed by atoms with Crippen molar-refractivity contribution >= 4 is 45.2 Å². The molecule has 1 saturated heterocycles. The zero-order valence-corrected chi connectivity index (χ0v) is 12.7. The van der Waals surface area contributed by atoms with E-state index < -0.39 is 5.82 Å². The van der Waals surface area contributed by atoms with Crippen molar-refractivity contribution in [3.8, 4) is 5.75 Å². The molecule has 1 fully saturated rings. The van der Waals surface area contributed by atoms with E-state index in [9.17, 15) is 9.50 Å². The predicted octanol–water partition coefficient (Wildman–Crippen LogP) is 3.79. The van der Waals surface area contributed by atoms with Gasteiger partial charge in [-0.25, -0.2) is 4.39 Å². The van der Waals surface area contributed by atoms with Gasteiger partial charge in [0.2, 0.25) is 0 Å². The highest BCUT2D eigenvalue weighted by Gasteiger charge is 2.24. The van der Waals surface area contributed by atoms with E-state index in [1.54, 1.807) is 6.07 Å². The molecule has 5 heteroatoms. The molecule has 16 heavy (non-hydrogen) atoms. The Morgan fingerprint density at radius 1 is 1.38 bits per heavy atom. The van der Waals surface area contributed by atoms with Gasteiger partial charge in [0.1, 0.15) is 4.11 Å². The number of benzene rings is 1. The highest BCUT2D eigenvalue weighted by atomic mass is 127. The van der Waals surface area contributed by atoms with E-state index in [0.717, 1.165) is 18.4 Å². The maximum atomic E-state index is 13.5. The summed E-state index contributed by atoms with van der Waals surface area (Å²) in [7, 11) is 0. The molecule has 0 radical (unpaired) electrons. The van der Waals surface area contributed by atoms with E-state index in [0.29, 0.717) is 10.2 Å². The average molecular weight is 448 g/mol. The Kier molecular flexibility index (Phi) is 4.28. The third-order valence-corrected chi connectivity index (χ3v) is 4.83. The van der Waals surface area contributed by atoms with Crippen LogP contribution >= 0.6 is 45.2 Å². The molecule has 1 aliphatic rings. The fourth-order valence-electron chi connectivity index (χ4n) is 1.83. The molecule has 0 aromatic heterocycles. The first-order valence-corrected chi connectivity index (χ1v) is 7.34. The molecule has 2 nitrogen and oxygen atoms in total. The van der Waals surface area contributed by atoms with Crippen LogP contribution in [0.4, 0.5) is 4.39 Å². The minimum Gasteiger partial charge on any atom is -0.505 e. The first-order chi connectivity index (χ1) is 7.59. The summed E-state index contributed by atoms with van der Waals surface area (Å²) in [4.78, 5) is 0. The lowest BCUT2D eigenvalue weighted by atomic mass is 9.93. The van der Waals surface area contributed by atoms with Crippen molar-refractivity contribution in [1.29, 1.82) is 0 Å². The fourth-order valence-corrected chi connectivity index (χ4v) is 3.30. The van der Waals surface area contributed by atoms with Gasteiger partial charge in [-0.05, 0) is 47.1 Å². The molecule has 1 aromatic carbocycles. The Balaban J connectivity index is 2.24. The number of alkyl halides is 1.